The Morgan fingerprint density at radius 2 is 1.67 bits per heavy atom. The Kier molecular flexibility index (Phi) is 5.11. The molecule has 27 heavy (non-hydrogen) atoms. The third-order valence-electron chi connectivity index (χ3n) is 6.44. The predicted molar refractivity (Wildman–Crippen MR) is 101 cm³/mol. The van der Waals surface area contributed by atoms with Crippen LogP contribution < -0.4 is 10.1 Å². The summed E-state index contributed by atoms with van der Waals surface area (Å²) in [5, 5.41) is 3.23. The van der Waals surface area contributed by atoms with Gasteiger partial charge in [-0.1, -0.05) is 25.1 Å². The van der Waals surface area contributed by atoms with Crippen LogP contribution in [0, 0.1) is 17.8 Å². The molecule has 5 heteroatoms. The Balaban J connectivity index is 1.28. The van der Waals surface area contributed by atoms with Crippen molar-refractivity contribution in [2.45, 2.75) is 63.5 Å². The molecule has 1 N–H and O–H groups in total. The maximum absolute atomic E-state index is 12.5. The smallest absolute Gasteiger partial charge is 0.347 e. The van der Waals surface area contributed by atoms with E-state index in [2.05, 4.69) is 5.32 Å². The Hall–Kier alpha value is -2.04. The summed E-state index contributed by atoms with van der Waals surface area (Å²) < 4.78 is 11.0. The Labute approximate surface area is 160 Å². The molecule has 1 aromatic rings. The maximum Gasteiger partial charge on any atom is 0.347 e. The summed E-state index contributed by atoms with van der Waals surface area (Å²) in [6.45, 7) is 1.64. The van der Waals surface area contributed by atoms with E-state index in [-0.39, 0.29) is 18.1 Å². The molecule has 0 unspecified atom stereocenters. The summed E-state index contributed by atoms with van der Waals surface area (Å²) in [7, 11) is 0. The molecule has 1 amide bonds. The minimum Gasteiger partial charge on any atom is -0.479 e. The van der Waals surface area contributed by atoms with E-state index in [4.69, 9.17) is 9.47 Å². The van der Waals surface area contributed by atoms with E-state index >= 15 is 0 Å². The second-order valence-electron chi connectivity index (χ2n) is 8.68. The van der Waals surface area contributed by atoms with Crippen LogP contribution in [0.2, 0.25) is 0 Å². The van der Waals surface area contributed by atoms with E-state index in [0.717, 1.165) is 37.0 Å². The van der Waals surface area contributed by atoms with Crippen LogP contribution in [0.1, 0.15) is 51.9 Å². The van der Waals surface area contributed by atoms with Gasteiger partial charge in [-0.15, -0.1) is 0 Å². The van der Waals surface area contributed by atoms with Gasteiger partial charge in [0.25, 0.3) is 5.91 Å². The van der Waals surface area contributed by atoms with Gasteiger partial charge in [0.1, 0.15) is 5.75 Å². The zero-order chi connectivity index (χ0) is 18.9. The normalized spacial score (nSPS) is 32.0. The molecule has 0 aliphatic heterocycles. The Bertz CT molecular complexity index is 652. The van der Waals surface area contributed by atoms with Gasteiger partial charge in [0.05, 0.1) is 0 Å². The number of amides is 1. The molecule has 5 rings (SSSR count). The van der Waals surface area contributed by atoms with Crippen LogP contribution in [0.3, 0.4) is 0 Å². The van der Waals surface area contributed by atoms with Crippen LogP contribution in [0.25, 0.3) is 0 Å². The van der Waals surface area contributed by atoms with Crippen LogP contribution in [-0.2, 0) is 14.3 Å². The van der Waals surface area contributed by atoms with Crippen molar-refractivity contribution in [3.8, 4) is 5.75 Å². The van der Waals surface area contributed by atoms with E-state index in [1.807, 2.05) is 25.1 Å². The van der Waals surface area contributed by atoms with Crippen molar-refractivity contribution in [3.63, 3.8) is 0 Å². The van der Waals surface area contributed by atoms with Crippen LogP contribution in [0.5, 0.6) is 5.75 Å². The number of carbonyl (C=O) groups excluding carboxylic acids is 2. The molecule has 0 saturated heterocycles. The van der Waals surface area contributed by atoms with Crippen LogP contribution in [-0.4, -0.2) is 30.1 Å². The zero-order valence-corrected chi connectivity index (χ0v) is 16.0. The third-order valence-corrected chi connectivity index (χ3v) is 6.44. The molecule has 1 atom stereocenters. The van der Waals surface area contributed by atoms with Gasteiger partial charge in [-0.05, 0) is 74.8 Å². The van der Waals surface area contributed by atoms with E-state index < -0.39 is 12.1 Å². The number of esters is 1. The molecule has 0 aromatic heterocycles. The molecule has 4 aliphatic rings. The van der Waals surface area contributed by atoms with Crippen molar-refractivity contribution >= 4 is 11.9 Å². The first-order chi connectivity index (χ1) is 13.0. The molecule has 4 fully saturated rings. The fourth-order valence-electron chi connectivity index (χ4n) is 5.79. The molecule has 0 radical (unpaired) electrons. The van der Waals surface area contributed by atoms with Crippen LogP contribution >= 0.6 is 0 Å². The highest BCUT2D eigenvalue weighted by Crippen LogP contribution is 2.55. The third kappa shape index (κ3) is 4.12. The number of para-hydroxylation sites is 1. The average Bonchev–Trinajstić information content (AvgIpc) is 2.63. The molecular weight excluding hydrogens is 342 g/mol. The standard InChI is InChI=1S/C22H29NO4/c1-2-19(27-18-6-4-3-5-7-18)21(25)26-14-20(24)23-22-11-15-8-16(12-22)10-17(9-15)13-22/h3-7,15-17,19H,2,8-14H2,1H3,(H,23,24)/t15?,16?,17?,19-,22?/m0/s1. The van der Waals surface area contributed by atoms with Gasteiger partial charge in [-0.2, -0.15) is 0 Å². The summed E-state index contributed by atoms with van der Waals surface area (Å²) in [5.41, 5.74) is -0.0526. The second kappa shape index (κ2) is 7.53. The lowest BCUT2D eigenvalue weighted by molar-refractivity contribution is -0.156. The summed E-state index contributed by atoms with van der Waals surface area (Å²) in [5.74, 6) is 2.26. The predicted octanol–water partition coefficient (Wildman–Crippen LogP) is 3.47. The lowest BCUT2D eigenvalue weighted by Crippen LogP contribution is -2.60. The minimum atomic E-state index is -0.695. The molecule has 0 heterocycles. The fourth-order valence-corrected chi connectivity index (χ4v) is 5.79. The molecule has 0 spiro atoms. The number of carbonyl (C=O) groups is 2. The summed E-state index contributed by atoms with van der Waals surface area (Å²) >= 11 is 0. The topological polar surface area (TPSA) is 64.6 Å². The number of rotatable bonds is 7. The monoisotopic (exact) mass is 371 g/mol. The number of hydrogen-bond donors (Lipinski definition) is 1. The lowest BCUT2D eigenvalue weighted by atomic mass is 9.53. The highest BCUT2D eigenvalue weighted by molar-refractivity contribution is 5.82. The summed E-state index contributed by atoms with van der Waals surface area (Å²) in [6, 6.07) is 9.20. The molecule has 4 bridgehead atoms. The van der Waals surface area contributed by atoms with E-state index in [1.165, 1.54) is 19.3 Å². The number of nitrogens with one attached hydrogen (secondary N) is 1. The SMILES string of the molecule is CC[C@H](Oc1ccccc1)C(=O)OCC(=O)NC12CC3CC(CC(C3)C1)C2. The van der Waals surface area contributed by atoms with Gasteiger partial charge in [-0.3, -0.25) is 4.79 Å². The number of hydrogen-bond acceptors (Lipinski definition) is 4. The maximum atomic E-state index is 12.5. The van der Waals surface area contributed by atoms with Gasteiger partial charge in [0.15, 0.2) is 12.7 Å². The molecule has 4 saturated carbocycles. The largest absolute Gasteiger partial charge is 0.479 e. The Morgan fingerprint density at radius 1 is 1.07 bits per heavy atom. The highest BCUT2D eigenvalue weighted by Gasteiger charge is 2.51. The first-order valence-electron chi connectivity index (χ1n) is 10.2. The van der Waals surface area contributed by atoms with Crippen LogP contribution in [0.4, 0.5) is 0 Å². The van der Waals surface area contributed by atoms with Crippen molar-refractivity contribution in [3.05, 3.63) is 30.3 Å². The van der Waals surface area contributed by atoms with E-state index in [9.17, 15) is 9.59 Å². The highest BCUT2D eigenvalue weighted by atomic mass is 16.6. The van der Waals surface area contributed by atoms with E-state index in [0.29, 0.717) is 12.2 Å². The quantitative estimate of drug-likeness (QED) is 0.746. The van der Waals surface area contributed by atoms with Gasteiger partial charge in [0, 0.05) is 5.54 Å². The number of benzene rings is 1. The average molecular weight is 371 g/mol. The second-order valence-corrected chi connectivity index (χ2v) is 8.68. The lowest BCUT2D eigenvalue weighted by Gasteiger charge is -2.56. The molecule has 5 nitrogen and oxygen atoms in total. The summed E-state index contributed by atoms with van der Waals surface area (Å²) in [6.07, 6.45) is 7.07. The number of ether oxygens (including phenoxy) is 2. The Morgan fingerprint density at radius 3 is 2.22 bits per heavy atom. The van der Waals surface area contributed by atoms with Crippen molar-refractivity contribution in [2.24, 2.45) is 17.8 Å². The first-order valence-corrected chi connectivity index (χ1v) is 10.2. The van der Waals surface area contributed by atoms with E-state index in [1.54, 1.807) is 12.1 Å². The minimum absolute atomic E-state index is 0.0526. The van der Waals surface area contributed by atoms with Gasteiger partial charge in [0.2, 0.25) is 0 Å². The van der Waals surface area contributed by atoms with Crippen molar-refractivity contribution in [2.75, 3.05) is 6.61 Å². The molecule has 146 valence electrons. The molecule has 4 aliphatic carbocycles. The molecule has 1 aromatic carbocycles. The summed E-state index contributed by atoms with van der Waals surface area (Å²) in [4.78, 5) is 24.8. The molecular formula is C22H29NO4. The van der Waals surface area contributed by atoms with Gasteiger partial charge >= 0.3 is 5.97 Å². The van der Waals surface area contributed by atoms with Crippen molar-refractivity contribution in [1.82, 2.24) is 5.32 Å². The van der Waals surface area contributed by atoms with Gasteiger partial charge < -0.3 is 14.8 Å². The zero-order valence-electron chi connectivity index (χ0n) is 16.0. The van der Waals surface area contributed by atoms with Crippen molar-refractivity contribution < 1.29 is 19.1 Å². The van der Waals surface area contributed by atoms with Crippen LogP contribution in [0.15, 0.2) is 30.3 Å². The van der Waals surface area contributed by atoms with Gasteiger partial charge in [-0.25, -0.2) is 4.79 Å². The van der Waals surface area contributed by atoms with Crippen molar-refractivity contribution in [1.29, 1.82) is 0 Å². The first kappa shape index (κ1) is 18.3. The fraction of sp³-hybridized carbons (Fsp3) is 0.636.